The molecule has 0 spiro atoms. The third-order valence-electron chi connectivity index (χ3n) is 3.42. The topological polar surface area (TPSA) is 55.9 Å². The molecule has 0 amide bonds. The van der Waals surface area contributed by atoms with E-state index in [9.17, 15) is 0 Å². The Morgan fingerprint density at radius 2 is 2.10 bits per heavy atom. The fraction of sp³-hybridized carbons (Fsp3) is 0.625. The lowest BCUT2D eigenvalue weighted by Gasteiger charge is -2.08. The summed E-state index contributed by atoms with van der Waals surface area (Å²) in [5.41, 5.74) is 1.17. The first kappa shape index (κ1) is 15.8. The summed E-state index contributed by atoms with van der Waals surface area (Å²) in [5.74, 6) is 3.58. The van der Waals surface area contributed by atoms with Gasteiger partial charge in [0.1, 0.15) is 11.6 Å². The molecule has 0 aliphatic heterocycles. The second kappa shape index (κ2) is 7.41. The number of hydrogen-bond acceptors (Lipinski definition) is 4. The first-order chi connectivity index (χ1) is 10.1. The quantitative estimate of drug-likeness (QED) is 0.812. The zero-order chi connectivity index (χ0) is 15.2. The summed E-state index contributed by atoms with van der Waals surface area (Å²) in [5, 5.41) is 7.99. The number of nitrogens with zero attached hydrogens (tertiary/aromatic N) is 3. The summed E-state index contributed by atoms with van der Waals surface area (Å²) in [6.07, 6.45) is 3.52. The Morgan fingerprint density at radius 1 is 1.29 bits per heavy atom. The summed E-state index contributed by atoms with van der Waals surface area (Å²) in [6.45, 7) is 11.1. The minimum absolute atomic E-state index is 0.637. The van der Waals surface area contributed by atoms with Gasteiger partial charge in [-0.25, -0.2) is 9.67 Å². The van der Waals surface area contributed by atoms with E-state index in [0.29, 0.717) is 5.92 Å². The van der Waals surface area contributed by atoms with Crippen molar-refractivity contribution < 1.29 is 4.42 Å². The number of aromatic nitrogens is 3. The van der Waals surface area contributed by atoms with E-state index in [1.54, 1.807) is 6.26 Å². The van der Waals surface area contributed by atoms with Crippen molar-refractivity contribution >= 4 is 0 Å². The van der Waals surface area contributed by atoms with Gasteiger partial charge in [0.25, 0.3) is 0 Å². The van der Waals surface area contributed by atoms with Crippen molar-refractivity contribution in [1.82, 2.24) is 20.1 Å². The number of nitrogens with one attached hydrogen (secondary N) is 1. The molecule has 2 aromatic heterocycles. The minimum Gasteiger partial charge on any atom is -0.468 e. The van der Waals surface area contributed by atoms with E-state index in [-0.39, 0.29) is 0 Å². The molecule has 2 heterocycles. The van der Waals surface area contributed by atoms with Crippen molar-refractivity contribution in [2.45, 2.75) is 53.6 Å². The molecule has 116 valence electrons. The average molecular weight is 290 g/mol. The second-order valence-electron chi connectivity index (χ2n) is 5.70. The second-order valence-corrected chi connectivity index (χ2v) is 5.70. The Balaban J connectivity index is 2.06. The maximum Gasteiger partial charge on any atom is 0.150 e. The first-order valence-electron chi connectivity index (χ1n) is 7.82. The highest BCUT2D eigenvalue weighted by molar-refractivity contribution is 5.17. The fourth-order valence-electron chi connectivity index (χ4n) is 2.26. The van der Waals surface area contributed by atoms with E-state index in [4.69, 9.17) is 4.42 Å². The van der Waals surface area contributed by atoms with E-state index in [2.05, 4.69) is 43.1 Å². The predicted octanol–water partition coefficient (Wildman–Crippen LogP) is 2.79. The monoisotopic (exact) mass is 290 g/mol. The molecule has 2 rings (SSSR count). The van der Waals surface area contributed by atoms with Crippen LogP contribution in [-0.2, 0) is 25.9 Å². The third-order valence-corrected chi connectivity index (χ3v) is 3.42. The molecule has 0 fully saturated rings. The van der Waals surface area contributed by atoms with Gasteiger partial charge in [-0.3, -0.25) is 0 Å². The van der Waals surface area contributed by atoms with E-state index in [1.807, 2.05) is 10.7 Å². The molecule has 0 unspecified atom stereocenters. The van der Waals surface area contributed by atoms with Gasteiger partial charge in [0.2, 0.25) is 0 Å². The van der Waals surface area contributed by atoms with Gasteiger partial charge in [-0.05, 0) is 18.5 Å². The highest BCUT2D eigenvalue weighted by Crippen LogP contribution is 2.13. The van der Waals surface area contributed by atoms with Crippen molar-refractivity contribution in [2.24, 2.45) is 5.92 Å². The number of hydrogen-bond donors (Lipinski definition) is 1. The van der Waals surface area contributed by atoms with Gasteiger partial charge >= 0.3 is 0 Å². The van der Waals surface area contributed by atoms with Crippen LogP contribution < -0.4 is 5.32 Å². The van der Waals surface area contributed by atoms with Gasteiger partial charge in [-0.1, -0.05) is 27.7 Å². The smallest absolute Gasteiger partial charge is 0.150 e. The molecule has 0 aliphatic rings. The molecule has 0 aliphatic carbocycles. The molecule has 0 radical (unpaired) electrons. The summed E-state index contributed by atoms with van der Waals surface area (Å²) in [7, 11) is 0. The van der Waals surface area contributed by atoms with Crippen LogP contribution in [0.15, 0.2) is 16.7 Å². The highest BCUT2D eigenvalue weighted by Gasteiger charge is 2.12. The lowest BCUT2D eigenvalue weighted by Crippen LogP contribution is -2.19. The Labute approximate surface area is 126 Å². The molecule has 2 aromatic rings. The van der Waals surface area contributed by atoms with Gasteiger partial charge in [0.05, 0.1) is 19.4 Å². The number of furan rings is 1. The van der Waals surface area contributed by atoms with Gasteiger partial charge in [0, 0.05) is 18.4 Å². The SMILES string of the molecule is CCc1nc(CC)n(Cc2ccoc2CNCC(C)C)n1. The van der Waals surface area contributed by atoms with Crippen molar-refractivity contribution in [3.05, 3.63) is 35.3 Å². The van der Waals surface area contributed by atoms with Gasteiger partial charge in [-0.2, -0.15) is 5.10 Å². The van der Waals surface area contributed by atoms with Gasteiger partial charge < -0.3 is 9.73 Å². The largest absolute Gasteiger partial charge is 0.468 e. The van der Waals surface area contributed by atoms with Gasteiger partial charge in [0.15, 0.2) is 5.82 Å². The highest BCUT2D eigenvalue weighted by atomic mass is 16.3. The molecule has 0 atom stereocenters. The maximum atomic E-state index is 5.60. The van der Waals surface area contributed by atoms with Crippen molar-refractivity contribution in [2.75, 3.05) is 6.54 Å². The minimum atomic E-state index is 0.637. The maximum absolute atomic E-state index is 5.60. The van der Waals surface area contributed by atoms with Crippen LogP contribution in [0.5, 0.6) is 0 Å². The Kier molecular flexibility index (Phi) is 5.56. The summed E-state index contributed by atoms with van der Waals surface area (Å²) >= 11 is 0. The summed E-state index contributed by atoms with van der Waals surface area (Å²) in [6, 6.07) is 2.03. The van der Waals surface area contributed by atoms with Crippen LogP contribution in [0.1, 0.15) is 50.7 Å². The normalized spacial score (nSPS) is 11.5. The van der Waals surface area contributed by atoms with Crippen molar-refractivity contribution in [3.63, 3.8) is 0 Å². The zero-order valence-corrected chi connectivity index (χ0v) is 13.5. The Hall–Kier alpha value is -1.62. The summed E-state index contributed by atoms with van der Waals surface area (Å²) in [4.78, 5) is 4.55. The fourth-order valence-corrected chi connectivity index (χ4v) is 2.26. The van der Waals surface area contributed by atoms with E-state index >= 15 is 0 Å². The average Bonchev–Trinajstić information content (AvgIpc) is 3.06. The van der Waals surface area contributed by atoms with Crippen LogP contribution in [0, 0.1) is 5.92 Å². The Bertz CT molecular complexity index is 556. The van der Waals surface area contributed by atoms with E-state index < -0.39 is 0 Å². The lowest BCUT2D eigenvalue weighted by atomic mass is 10.2. The standard InChI is InChI=1S/C16H26N4O/c1-5-15-18-16(6-2)20(19-15)11-13-7-8-21-14(13)10-17-9-12(3)4/h7-8,12,17H,5-6,9-11H2,1-4H3. The van der Waals surface area contributed by atoms with Crippen molar-refractivity contribution in [1.29, 1.82) is 0 Å². The Morgan fingerprint density at radius 3 is 2.76 bits per heavy atom. The molecule has 0 saturated heterocycles. The zero-order valence-electron chi connectivity index (χ0n) is 13.5. The molecule has 0 aromatic carbocycles. The van der Waals surface area contributed by atoms with Crippen LogP contribution in [0.25, 0.3) is 0 Å². The molecule has 5 heteroatoms. The van der Waals surface area contributed by atoms with Crippen LogP contribution >= 0.6 is 0 Å². The molecule has 5 nitrogen and oxygen atoms in total. The molecular formula is C16H26N4O. The molecular weight excluding hydrogens is 264 g/mol. The number of rotatable bonds is 8. The number of aryl methyl sites for hydroxylation is 2. The third kappa shape index (κ3) is 4.17. The molecule has 1 N–H and O–H groups in total. The van der Waals surface area contributed by atoms with Crippen LogP contribution in [0.4, 0.5) is 0 Å². The lowest BCUT2D eigenvalue weighted by molar-refractivity contribution is 0.457. The van der Waals surface area contributed by atoms with Crippen LogP contribution in [-0.4, -0.2) is 21.3 Å². The summed E-state index contributed by atoms with van der Waals surface area (Å²) < 4.78 is 7.60. The van der Waals surface area contributed by atoms with Crippen LogP contribution in [0.3, 0.4) is 0 Å². The van der Waals surface area contributed by atoms with Crippen LogP contribution in [0.2, 0.25) is 0 Å². The van der Waals surface area contributed by atoms with Crippen molar-refractivity contribution in [3.8, 4) is 0 Å². The molecule has 0 bridgehead atoms. The first-order valence-corrected chi connectivity index (χ1v) is 7.82. The van der Waals surface area contributed by atoms with Gasteiger partial charge in [-0.15, -0.1) is 0 Å². The van der Waals surface area contributed by atoms with E-state index in [1.165, 1.54) is 5.56 Å². The molecule has 21 heavy (non-hydrogen) atoms. The molecule has 0 saturated carbocycles. The van der Waals surface area contributed by atoms with E-state index in [0.717, 1.165) is 49.9 Å². The predicted molar refractivity (Wildman–Crippen MR) is 83.1 cm³/mol.